The maximum absolute atomic E-state index is 11.4. The summed E-state index contributed by atoms with van der Waals surface area (Å²) >= 11 is 0. The fraction of sp³-hybridized carbons (Fsp3) is 0.778. The maximum Gasteiger partial charge on any atom is 0.236 e. The normalized spacial score (nSPS) is 25.8. The van der Waals surface area contributed by atoms with Crippen molar-refractivity contribution in [1.82, 2.24) is 21.3 Å². The van der Waals surface area contributed by atoms with Crippen molar-refractivity contribution in [3.8, 4) is 0 Å². The SMILES string of the molecule is C[C@@H]1NCC(=O)NCCNCCNC1=O. The van der Waals surface area contributed by atoms with Gasteiger partial charge in [0.25, 0.3) is 0 Å². The molecule has 0 aromatic carbocycles. The van der Waals surface area contributed by atoms with Gasteiger partial charge >= 0.3 is 0 Å². The van der Waals surface area contributed by atoms with Crippen molar-refractivity contribution >= 4 is 11.8 Å². The zero-order valence-electron chi connectivity index (χ0n) is 8.93. The maximum atomic E-state index is 11.4. The van der Waals surface area contributed by atoms with Gasteiger partial charge in [-0.05, 0) is 6.92 Å². The number of nitrogens with one attached hydrogen (secondary N) is 4. The molecule has 0 aliphatic carbocycles. The van der Waals surface area contributed by atoms with Gasteiger partial charge in [-0.15, -0.1) is 0 Å². The Bertz CT molecular complexity index is 232. The lowest BCUT2D eigenvalue weighted by Crippen LogP contribution is -2.49. The molecule has 0 unspecified atom stereocenters. The Morgan fingerprint density at radius 2 is 1.73 bits per heavy atom. The van der Waals surface area contributed by atoms with Gasteiger partial charge in [0.15, 0.2) is 0 Å². The Balaban J connectivity index is 2.40. The van der Waals surface area contributed by atoms with Gasteiger partial charge in [0.2, 0.25) is 11.8 Å². The molecule has 1 saturated heterocycles. The number of carbonyl (C=O) groups excluding carboxylic acids is 2. The molecule has 1 aliphatic rings. The monoisotopic (exact) mass is 214 g/mol. The van der Waals surface area contributed by atoms with Gasteiger partial charge < -0.3 is 16.0 Å². The topological polar surface area (TPSA) is 82.3 Å². The van der Waals surface area contributed by atoms with Crippen LogP contribution in [0.25, 0.3) is 0 Å². The molecule has 0 saturated carbocycles. The number of carbonyl (C=O) groups is 2. The second-order valence-corrected chi connectivity index (χ2v) is 3.49. The molecule has 1 heterocycles. The molecule has 0 radical (unpaired) electrons. The van der Waals surface area contributed by atoms with Crippen LogP contribution in [0.5, 0.6) is 0 Å². The van der Waals surface area contributed by atoms with Crippen molar-refractivity contribution in [3.63, 3.8) is 0 Å². The van der Waals surface area contributed by atoms with Crippen LogP contribution >= 0.6 is 0 Å². The van der Waals surface area contributed by atoms with E-state index in [1.165, 1.54) is 0 Å². The van der Waals surface area contributed by atoms with Crippen LogP contribution in [0.4, 0.5) is 0 Å². The number of amides is 2. The van der Waals surface area contributed by atoms with Crippen molar-refractivity contribution < 1.29 is 9.59 Å². The number of hydrogen-bond donors (Lipinski definition) is 4. The van der Waals surface area contributed by atoms with Crippen LogP contribution < -0.4 is 21.3 Å². The third kappa shape index (κ3) is 4.75. The molecule has 6 nitrogen and oxygen atoms in total. The predicted molar refractivity (Wildman–Crippen MR) is 56.4 cm³/mol. The van der Waals surface area contributed by atoms with E-state index < -0.39 is 0 Å². The van der Waals surface area contributed by atoms with Crippen LogP contribution in [0, 0.1) is 0 Å². The molecule has 0 bridgehead atoms. The van der Waals surface area contributed by atoms with Gasteiger partial charge in [0, 0.05) is 26.2 Å². The molecule has 1 atom stereocenters. The van der Waals surface area contributed by atoms with Crippen molar-refractivity contribution in [1.29, 1.82) is 0 Å². The lowest BCUT2D eigenvalue weighted by molar-refractivity contribution is -0.123. The number of hydrogen-bond acceptors (Lipinski definition) is 4. The van der Waals surface area contributed by atoms with Gasteiger partial charge in [0.1, 0.15) is 0 Å². The third-order valence-corrected chi connectivity index (χ3v) is 2.19. The highest BCUT2D eigenvalue weighted by Gasteiger charge is 2.13. The van der Waals surface area contributed by atoms with Crippen LogP contribution in [0.1, 0.15) is 6.92 Å². The minimum Gasteiger partial charge on any atom is -0.354 e. The predicted octanol–water partition coefficient (Wildman–Crippen LogP) is -2.20. The van der Waals surface area contributed by atoms with E-state index in [-0.39, 0.29) is 24.4 Å². The molecule has 0 spiro atoms. The average Bonchev–Trinajstić information content (AvgIpc) is 2.22. The highest BCUT2D eigenvalue weighted by Crippen LogP contribution is 1.81. The van der Waals surface area contributed by atoms with Crippen molar-refractivity contribution in [2.45, 2.75) is 13.0 Å². The average molecular weight is 214 g/mol. The Hall–Kier alpha value is -1.14. The molecule has 2 amide bonds. The first-order valence-electron chi connectivity index (χ1n) is 5.18. The Morgan fingerprint density at radius 1 is 1.07 bits per heavy atom. The van der Waals surface area contributed by atoms with Crippen molar-refractivity contribution in [3.05, 3.63) is 0 Å². The van der Waals surface area contributed by atoms with Gasteiger partial charge in [0.05, 0.1) is 12.6 Å². The van der Waals surface area contributed by atoms with E-state index in [0.717, 1.165) is 6.54 Å². The summed E-state index contributed by atoms with van der Waals surface area (Å²) in [6, 6.07) is -0.338. The molecule has 1 aliphatic heterocycles. The van der Waals surface area contributed by atoms with Crippen LogP contribution in [-0.2, 0) is 9.59 Å². The summed E-state index contributed by atoms with van der Waals surface area (Å²) in [5.41, 5.74) is 0. The standard InChI is InChI=1S/C9H18N4O2/c1-7-9(15)12-5-3-10-2-4-11-8(14)6-13-7/h7,10,13H,2-6H2,1H3,(H,11,14)(H,12,15)/t7-/m0/s1. The molecule has 6 heteroatoms. The van der Waals surface area contributed by atoms with Crippen LogP contribution in [0.3, 0.4) is 0 Å². The summed E-state index contributed by atoms with van der Waals surface area (Å²) in [5, 5.41) is 11.5. The fourth-order valence-electron chi connectivity index (χ4n) is 1.24. The summed E-state index contributed by atoms with van der Waals surface area (Å²) < 4.78 is 0. The molecule has 86 valence electrons. The molecule has 1 fully saturated rings. The first-order chi connectivity index (χ1) is 7.20. The van der Waals surface area contributed by atoms with Gasteiger partial charge in [-0.3, -0.25) is 14.9 Å². The van der Waals surface area contributed by atoms with Gasteiger partial charge in [-0.25, -0.2) is 0 Å². The molecular weight excluding hydrogens is 196 g/mol. The zero-order chi connectivity index (χ0) is 11.1. The summed E-state index contributed by atoms with van der Waals surface area (Å²) in [7, 11) is 0. The smallest absolute Gasteiger partial charge is 0.236 e. The minimum atomic E-state index is -0.338. The third-order valence-electron chi connectivity index (χ3n) is 2.19. The van der Waals surface area contributed by atoms with Gasteiger partial charge in [-0.2, -0.15) is 0 Å². The fourth-order valence-corrected chi connectivity index (χ4v) is 1.24. The Kier molecular flexibility index (Phi) is 5.06. The van der Waals surface area contributed by atoms with Crippen LogP contribution in [0.2, 0.25) is 0 Å². The van der Waals surface area contributed by atoms with E-state index in [1.807, 2.05) is 0 Å². The van der Waals surface area contributed by atoms with E-state index in [0.29, 0.717) is 19.6 Å². The van der Waals surface area contributed by atoms with E-state index in [2.05, 4.69) is 21.3 Å². The summed E-state index contributed by atoms with van der Waals surface area (Å²) in [5.74, 6) is -0.165. The Morgan fingerprint density at radius 3 is 2.47 bits per heavy atom. The zero-order valence-corrected chi connectivity index (χ0v) is 8.93. The molecular formula is C9H18N4O2. The van der Waals surface area contributed by atoms with Crippen LogP contribution in [-0.4, -0.2) is 50.6 Å². The number of rotatable bonds is 0. The van der Waals surface area contributed by atoms with Crippen molar-refractivity contribution in [2.24, 2.45) is 0 Å². The largest absolute Gasteiger partial charge is 0.354 e. The molecule has 15 heavy (non-hydrogen) atoms. The quantitative estimate of drug-likeness (QED) is 0.369. The highest BCUT2D eigenvalue weighted by atomic mass is 16.2. The lowest BCUT2D eigenvalue weighted by atomic mass is 10.3. The summed E-state index contributed by atoms with van der Waals surface area (Å²) in [4.78, 5) is 22.6. The molecule has 0 aromatic heterocycles. The molecule has 0 aromatic rings. The summed E-state index contributed by atoms with van der Waals surface area (Å²) in [6.45, 7) is 4.57. The first-order valence-corrected chi connectivity index (χ1v) is 5.18. The minimum absolute atomic E-state index is 0.0785. The second kappa shape index (κ2) is 6.36. The van der Waals surface area contributed by atoms with E-state index in [9.17, 15) is 9.59 Å². The molecule has 4 N–H and O–H groups in total. The van der Waals surface area contributed by atoms with Crippen LogP contribution in [0.15, 0.2) is 0 Å². The Labute approximate surface area is 89.2 Å². The highest BCUT2D eigenvalue weighted by molar-refractivity contribution is 5.83. The van der Waals surface area contributed by atoms with Gasteiger partial charge in [-0.1, -0.05) is 0 Å². The van der Waals surface area contributed by atoms with E-state index >= 15 is 0 Å². The second-order valence-electron chi connectivity index (χ2n) is 3.49. The first kappa shape index (κ1) is 11.9. The molecule has 1 rings (SSSR count). The van der Waals surface area contributed by atoms with E-state index in [1.54, 1.807) is 6.92 Å². The van der Waals surface area contributed by atoms with Crippen molar-refractivity contribution in [2.75, 3.05) is 32.7 Å². The van der Waals surface area contributed by atoms with E-state index in [4.69, 9.17) is 0 Å². The summed E-state index contributed by atoms with van der Waals surface area (Å²) in [6.07, 6.45) is 0. The lowest BCUT2D eigenvalue weighted by Gasteiger charge is -2.15.